The Balaban J connectivity index is 2.71. The van der Waals surface area contributed by atoms with Crippen molar-refractivity contribution < 1.29 is 4.92 Å². The third-order valence-corrected chi connectivity index (χ3v) is 2.21. The first-order valence-electron chi connectivity index (χ1n) is 4.03. The monoisotopic (exact) mass is 262 g/mol. The van der Waals surface area contributed by atoms with Crippen molar-refractivity contribution in [3.63, 3.8) is 0 Å². The van der Waals surface area contributed by atoms with Gasteiger partial charge in [0.1, 0.15) is 4.47 Å². The van der Waals surface area contributed by atoms with Gasteiger partial charge in [-0.05, 0) is 34.9 Å². The lowest BCUT2D eigenvalue weighted by Crippen LogP contribution is -2.18. The van der Waals surface area contributed by atoms with Crippen LogP contribution < -0.4 is 0 Å². The normalized spacial score (nSPS) is 10.9. The standard InChI is InChI=1S/C7H11BrN4O2/c1-10(2)3-4-11-5-6(8)7(9-11)12(13)14/h5H,3-4H2,1-2H3. The van der Waals surface area contributed by atoms with Gasteiger partial charge in [-0.2, -0.15) is 4.68 Å². The molecule has 7 heteroatoms. The molecule has 0 aliphatic carbocycles. The third kappa shape index (κ3) is 2.78. The fourth-order valence-electron chi connectivity index (χ4n) is 0.928. The van der Waals surface area contributed by atoms with Crippen molar-refractivity contribution in [2.24, 2.45) is 0 Å². The third-order valence-electron chi connectivity index (χ3n) is 1.65. The predicted molar refractivity (Wildman–Crippen MR) is 55.1 cm³/mol. The highest BCUT2D eigenvalue weighted by Crippen LogP contribution is 2.21. The van der Waals surface area contributed by atoms with Crippen LogP contribution in [0.3, 0.4) is 0 Å². The van der Waals surface area contributed by atoms with Gasteiger partial charge >= 0.3 is 5.82 Å². The number of hydrogen-bond acceptors (Lipinski definition) is 4. The number of nitro groups is 1. The summed E-state index contributed by atoms with van der Waals surface area (Å²) in [6.45, 7) is 1.44. The van der Waals surface area contributed by atoms with Gasteiger partial charge in [0.15, 0.2) is 0 Å². The largest absolute Gasteiger partial charge is 0.404 e. The minimum atomic E-state index is -0.504. The van der Waals surface area contributed by atoms with Crippen LogP contribution in [0.4, 0.5) is 5.82 Å². The molecule has 0 unspecified atom stereocenters. The van der Waals surface area contributed by atoms with Crippen LogP contribution in [0, 0.1) is 10.1 Å². The van der Waals surface area contributed by atoms with E-state index >= 15 is 0 Å². The zero-order chi connectivity index (χ0) is 10.7. The van der Waals surface area contributed by atoms with Crippen molar-refractivity contribution >= 4 is 21.7 Å². The van der Waals surface area contributed by atoms with Gasteiger partial charge in [-0.25, -0.2) is 0 Å². The molecular weight excluding hydrogens is 252 g/mol. The average molecular weight is 263 g/mol. The minimum Gasteiger partial charge on any atom is -0.358 e. The Morgan fingerprint density at radius 3 is 2.79 bits per heavy atom. The van der Waals surface area contributed by atoms with Crippen molar-refractivity contribution in [3.05, 3.63) is 20.8 Å². The summed E-state index contributed by atoms with van der Waals surface area (Å²) < 4.78 is 1.98. The Labute approximate surface area is 89.8 Å². The Bertz CT molecular complexity index is 336. The number of likely N-dealkylation sites (N-methyl/N-ethyl adjacent to an activating group) is 1. The molecule has 0 radical (unpaired) electrons. The summed E-state index contributed by atoms with van der Waals surface area (Å²) in [6.07, 6.45) is 1.61. The number of rotatable bonds is 4. The maximum absolute atomic E-state index is 10.5. The highest BCUT2D eigenvalue weighted by Gasteiger charge is 2.17. The van der Waals surface area contributed by atoms with E-state index in [1.54, 1.807) is 10.9 Å². The molecule has 1 rings (SSSR count). The van der Waals surface area contributed by atoms with E-state index in [-0.39, 0.29) is 5.82 Å². The molecule has 14 heavy (non-hydrogen) atoms. The lowest BCUT2D eigenvalue weighted by atomic mass is 10.6. The van der Waals surface area contributed by atoms with Crippen molar-refractivity contribution in [1.29, 1.82) is 0 Å². The molecule has 78 valence electrons. The summed E-state index contributed by atoms with van der Waals surface area (Å²) in [7, 11) is 3.87. The van der Waals surface area contributed by atoms with Crippen molar-refractivity contribution in [1.82, 2.24) is 14.7 Å². The lowest BCUT2D eigenvalue weighted by molar-refractivity contribution is -0.390. The van der Waals surface area contributed by atoms with Crippen molar-refractivity contribution in [2.75, 3.05) is 20.6 Å². The topological polar surface area (TPSA) is 64.2 Å². The predicted octanol–water partition coefficient (Wildman–Crippen LogP) is 1.12. The molecule has 1 heterocycles. The Kier molecular flexibility index (Phi) is 3.59. The van der Waals surface area contributed by atoms with Crippen molar-refractivity contribution in [2.45, 2.75) is 6.54 Å². The van der Waals surface area contributed by atoms with E-state index < -0.39 is 4.92 Å². The maximum atomic E-state index is 10.5. The fraction of sp³-hybridized carbons (Fsp3) is 0.571. The van der Waals surface area contributed by atoms with Gasteiger partial charge in [-0.1, -0.05) is 0 Å². The maximum Gasteiger partial charge on any atom is 0.404 e. The SMILES string of the molecule is CN(C)CCn1cc(Br)c([N+](=O)[O-])n1. The van der Waals surface area contributed by atoms with Gasteiger partial charge in [-0.15, -0.1) is 0 Å². The van der Waals surface area contributed by atoms with Gasteiger partial charge in [-0.3, -0.25) is 0 Å². The van der Waals surface area contributed by atoms with E-state index in [0.717, 1.165) is 6.54 Å². The van der Waals surface area contributed by atoms with Gasteiger partial charge in [0, 0.05) is 6.54 Å². The van der Waals surface area contributed by atoms with Gasteiger partial charge in [0.2, 0.25) is 0 Å². The van der Waals surface area contributed by atoms with Gasteiger partial charge in [0.25, 0.3) is 0 Å². The number of aromatic nitrogens is 2. The Morgan fingerprint density at radius 1 is 1.71 bits per heavy atom. The second kappa shape index (κ2) is 4.52. The smallest absolute Gasteiger partial charge is 0.358 e. The van der Waals surface area contributed by atoms with E-state index in [9.17, 15) is 10.1 Å². The van der Waals surface area contributed by atoms with E-state index in [1.165, 1.54) is 0 Å². The highest BCUT2D eigenvalue weighted by molar-refractivity contribution is 9.10. The minimum absolute atomic E-state index is 0.135. The van der Waals surface area contributed by atoms with Crippen LogP contribution in [0.15, 0.2) is 10.7 Å². The first-order chi connectivity index (χ1) is 6.50. The highest BCUT2D eigenvalue weighted by atomic mass is 79.9. The quantitative estimate of drug-likeness (QED) is 0.603. The summed E-state index contributed by atoms with van der Waals surface area (Å²) in [5.74, 6) is -0.135. The fourth-order valence-corrected chi connectivity index (χ4v) is 1.39. The van der Waals surface area contributed by atoms with Crippen LogP contribution in [0.25, 0.3) is 0 Å². The molecule has 1 aromatic rings. The number of halogens is 1. The molecule has 0 atom stereocenters. The number of hydrogen-bond donors (Lipinski definition) is 0. The van der Waals surface area contributed by atoms with Crippen LogP contribution in [0.2, 0.25) is 0 Å². The molecule has 0 spiro atoms. The molecule has 0 aliphatic rings. The zero-order valence-electron chi connectivity index (χ0n) is 7.97. The summed E-state index contributed by atoms with van der Waals surface area (Å²) >= 11 is 3.09. The molecule has 0 N–H and O–H groups in total. The van der Waals surface area contributed by atoms with Crippen LogP contribution >= 0.6 is 15.9 Å². The molecule has 6 nitrogen and oxygen atoms in total. The van der Waals surface area contributed by atoms with E-state index in [2.05, 4.69) is 21.0 Å². The van der Waals surface area contributed by atoms with Crippen LogP contribution in [-0.4, -0.2) is 40.2 Å². The molecule has 0 aromatic carbocycles. The van der Waals surface area contributed by atoms with Crippen molar-refractivity contribution in [3.8, 4) is 0 Å². The second-order valence-electron chi connectivity index (χ2n) is 3.12. The average Bonchev–Trinajstić information content (AvgIpc) is 2.43. The molecule has 0 saturated heterocycles. The summed E-state index contributed by atoms with van der Waals surface area (Å²) in [6, 6.07) is 0. The summed E-state index contributed by atoms with van der Waals surface area (Å²) in [5, 5.41) is 14.3. The molecular formula is C7H11BrN4O2. The Morgan fingerprint density at radius 2 is 2.36 bits per heavy atom. The zero-order valence-corrected chi connectivity index (χ0v) is 9.56. The van der Waals surface area contributed by atoms with E-state index in [4.69, 9.17) is 0 Å². The second-order valence-corrected chi connectivity index (χ2v) is 3.98. The Hall–Kier alpha value is -0.950. The van der Waals surface area contributed by atoms with Crippen LogP contribution in [0.1, 0.15) is 0 Å². The molecule has 0 saturated carbocycles. The first kappa shape index (κ1) is 11.1. The molecule has 0 bridgehead atoms. The first-order valence-corrected chi connectivity index (χ1v) is 4.82. The lowest BCUT2D eigenvalue weighted by Gasteiger charge is -2.06. The van der Waals surface area contributed by atoms with Crippen LogP contribution in [-0.2, 0) is 6.54 Å². The molecule has 0 fully saturated rings. The van der Waals surface area contributed by atoms with E-state index in [1.807, 2.05) is 19.0 Å². The molecule has 0 amide bonds. The molecule has 0 aliphatic heterocycles. The summed E-state index contributed by atoms with van der Waals surface area (Å²) in [5.41, 5.74) is 0. The molecule has 1 aromatic heterocycles. The number of nitrogens with zero attached hydrogens (tertiary/aromatic N) is 4. The van der Waals surface area contributed by atoms with Gasteiger partial charge < -0.3 is 15.0 Å². The van der Waals surface area contributed by atoms with E-state index in [0.29, 0.717) is 11.0 Å². The summed E-state index contributed by atoms with van der Waals surface area (Å²) in [4.78, 5) is 11.9. The van der Waals surface area contributed by atoms with Crippen LogP contribution in [0.5, 0.6) is 0 Å². The van der Waals surface area contributed by atoms with Gasteiger partial charge in [0.05, 0.1) is 17.8 Å².